The zero-order valence-corrected chi connectivity index (χ0v) is 12.0. The van der Waals surface area contributed by atoms with E-state index in [2.05, 4.69) is 41.4 Å². The number of nitrogens with one attached hydrogen (secondary N) is 2. The summed E-state index contributed by atoms with van der Waals surface area (Å²) in [7, 11) is 0. The number of hydrogen-bond acceptors (Lipinski definition) is 4. The minimum atomic E-state index is -0.0456. The number of aromatic nitrogens is 2. The Bertz CT molecular complexity index is 563. The van der Waals surface area contributed by atoms with Crippen LogP contribution in [0.25, 0.3) is 0 Å². The minimum Gasteiger partial charge on any atom is -0.365 e. The molecule has 0 radical (unpaired) electrons. The number of rotatable bonds is 3. The number of halogens is 1. The molecule has 0 bridgehead atoms. The third-order valence-corrected chi connectivity index (χ3v) is 2.61. The number of anilines is 3. The summed E-state index contributed by atoms with van der Waals surface area (Å²) in [5.41, 5.74) is 0.743. The summed E-state index contributed by atoms with van der Waals surface area (Å²) in [6.07, 6.45) is 1.71. The fourth-order valence-electron chi connectivity index (χ4n) is 1.56. The molecule has 0 aliphatic carbocycles. The number of hydrogen-bond donors (Lipinski definition) is 2. The maximum atomic E-state index is 6.09. The minimum absolute atomic E-state index is 0.0456. The molecule has 0 unspecified atom stereocenters. The molecule has 2 aromatic rings. The Labute approximate surface area is 118 Å². The second-order valence-electron chi connectivity index (χ2n) is 5.25. The maximum absolute atomic E-state index is 6.09. The second-order valence-corrected chi connectivity index (χ2v) is 5.65. The summed E-state index contributed by atoms with van der Waals surface area (Å²) in [5, 5.41) is 7.04. The number of benzene rings is 1. The fourth-order valence-corrected chi connectivity index (χ4v) is 1.74. The summed E-state index contributed by atoms with van der Waals surface area (Å²) >= 11 is 6.09. The summed E-state index contributed by atoms with van der Waals surface area (Å²) in [6, 6.07) is 9.33. The van der Waals surface area contributed by atoms with Crippen LogP contribution in [0.2, 0.25) is 5.02 Å². The topological polar surface area (TPSA) is 49.8 Å². The van der Waals surface area contributed by atoms with Crippen molar-refractivity contribution in [3.63, 3.8) is 0 Å². The van der Waals surface area contributed by atoms with Crippen molar-refractivity contribution in [2.45, 2.75) is 26.3 Å². The van der Waals surface area contributed by atoms with Crippen molar-refractivity contribution in [1.82, 2.24) is 9.97 Å². The Kier molecular flexibility index (Phi) is 3.90. The van der Waals surface area contributed by atoms with Crippen molar-refractivity contribution < 1.29 is 0 Å². The molecule has 2 N–H and O–H groups in total. The molecule has 19 heavy (non-hydrogen) atoms. The molecule has 100 valence electrons. The van der Waals surface area contributed by atoms with Crippen LogP contribution in [0.1, 0.15) is 20.8 Å². The lowest BCUT2D eigenvalue weighted by Gasteiger charge is -2.21. The predicted octanol–water partition coefficient (Wildman–Crippen LogP) is 4.08. The van der Waals surface area contributed by atoms with Crippen LogP contribution in [0.5, 0.6) is 0 Å². The monoisotopic (exact) mass is 276 g/mol. The average molecular weight is 277 g/mol. The number of nitrogens with zero attached hydrogens (tertiary/aromatic N) is 2. The van der Waals surface area contributed by atoms with Gasteiger partial charge in [-0.3, -0.25) is 0 Å². The first-order valence-corrected chi connectivity index (χ1v) is 6.45. The lowest BCUT2D eigenvalue weighted by molar-refractivity contribution is 0.630. The van der Waals surface area contributed by atoms with Crippen molar-refractivity contribution >= 4 is 29.1 Å². The summed E-state index contributed by atoms with van der Waals surface area (Å²) in [6.45, 7) is 6.24. The van der Waals surface area contributed by atoms with Gasteiger partial charge in [-0.25, -0.2) is 4.98 Å². The zero-order valence-electron chi connectivity index (χ0n) is 11.2. The molecule has 0 amide bonds. The standard InChI is InChI=1S/C14H17ClN4/c1-14(2,3)19-12-8-9-16-13(18-12)17-11-7-5-4-6-10(11)15/h4-9H,1-3H3,(H2,16,17,18,19). The van der Waals surface area contributed by atoms with Crippen molar-refractivity contribution in [2.75, 3.05) is 10.6 Å². The molecule has 5 heteroatoms. The first kappa shape index (κ1) is 13.6. The molecular weight excluding hydrogens is 260 g/mol. The molecule has 0 aliphatic heterocycles. The van der Waals surface area contributed by atoms with Gasteiger partial charge in [0.25, 0.3) is 0 Å². The fraction of sp³-hybridized carbons (Fsp3) is 0.286. The van der Waals surface area contributed by atoms with Crippen molar-refractivity contribution in [3.8, 4) is 0 Å². The highest BCUT2D eigenvalue weighted by molar-refractivity contribution is 6.33. The van der Waals surface area contributed by atoms with E-state index in [-0.39, 0.29) is 5.54 Å². The SMILES string of the molecule is CC(C)(C)Nc1ccnc(Nc2ccccc2Cl)n1. The first-order valence-electron chi connectivity index (χ1n) is 6.07. The van der Waals surface area contributed by atoms with Gasteiger partial charge in [-0.2, -0.15) is 4.98 Å². The normalized spacial score (nSPS) is 11.2. The Balaban J connectivity index is 2.18. The summed E-state index contributed by atoms with van der Waals surface area (Å²) in [4.78, 5) is 8.59. The van der Waals surface area contributed by atoms with Crippen LogP contribution >= 0.6 is 11.6 Å². The summed E-state index contributed by atoms with van der Waals surface area (Å²) < 4.78 is 0. The van der Waals surface area contributed by atoms with E-state index in [0.29, 0.717) is 11.0 Å². The molecule has 1 heterocycles. The van der Waals surface area contributed by atoms with E-state index < -0.39 is 0 Å². The van der Waals surface area contributed by atoms with Crippen LogP contribution in [0, 0.1) is 0 Å². The van der Waals surface area contributed by atoms with E-state index >= 15 is 0 Å². The predicted molar refractivity (Wildman–Crippen MR) is 80.1 cm³/mol. The highest BCUT2D eigenvalue weighted by atomic mass is 35.5. The van der Waals surface area contributed by atoms with Gasteiger partial charge in [0.1, 0.15) is 5.82 Å². The van der Waals surface area contributed by atoms with Crippen LogP contribution < -0.4 is 10.6 Å². The van der Waals surface area contributed by atoms with Gasteiger partial charge in [0.05, 0.1) is 10.7 Å². The molecule has 4 nitrogen and oxygen atoms in total. The Hall–Kier alpha value is -1.81. The van der Waals surface area contributed by atoms with Crippen LogP contribution in [0.3, 0.4) is 0 Å². The molecule has 2 rings (SSSR count). The third-order valence-electron chi connectivity index (χ3n) is 2.28. The molecule has 0 fully saturated rings. The van der Waals surface area contributed by atoms with Gasteiger partial charge in [0.15, 0.2) is 0 Å². The first-order chi connectivity index (χ1) is 8.94. The van der Waals surface area contributed by atoms with Crippen LogP contribution in [0.4, 0.5) is 17.5 Å². The molecule has 1 aromatic carbocycles. The Morgan fingerprint density at radius 3 is 2.53 bits per heavy atom. The van der Waals surface area contributed by atoms with Crippen LogP contribution in [-0.2, 0) is 0 Å². The zero-order chi connectivity index (χ0) is 13.9. The van der Waals surface area contributed by atoms with Crippen molar-refractivity contribution in [1.29, 1.82) is 0 Å². The molecule has 1 aromatic heterocycles. The Morgan fingerprint density at radius 2 is 1.84 bits per heavy atom. The smallest absolute Gasteiger partial charge is 0.229 e. The molecule has 0 saturated heterocycles. The molecule has 0 atom stereocenters. The summed E-state index contributed by atoms with van der Waals surface area (Å²) in [5.74, 6) is 1.29. The van der Waals surface area contributed by atoms with Gasteiger partial charge in [-0.1, -0.05) is 23.7 Å². The van der Waals surface area contributed by atoms with E-state index in [1.54, 1.807) is 6.20 Å². The van der Waals surface area contributed by atoms with Gasteiger partial charge in [-0.05, 0) is 39.0 Å². The number of para-hydroxylation sites is 1. The van der Waals surface area contributed by atoms with E-state index in [0.717, 1.165) is 11.5 Å². The highest BCUT2D eigenvalue weighted by Crippen LogP contribution is 2.23. The van der Waals surface area contributed by atoms with Crippen molar-refractivity contribution in [2.24, 2.45) is 0 Å². The lowest BCUT2D eigenvalue weighted by Crippen LogP contribution is -2.26. The van der Waals surface area contributed by atoms with Gasteiger partial charge in [0, 0.05) is 11.7 Å². The average Bonchev–Trinajstić information content (AvgIpc) is 2.30. The van der Waals surface area contributed by atoms with Gasteiger partial charge in [0.2, 0.25) is 5.95 Å². The molecule has 0 spiro atoms. The van der Waals surface area contributed by atoms with E-state index in [9.17, 15) is 0 Å². The van der Waals surface area contributed by atoms with Gasteiger partial charge < -0.3 is 10.6 Å². The largest absolute Gasteiger partial charge is 0.365 e. The Morgan fingerprint density at radius 1 is 1.11 bits per heavy atom. The van der Waals surface area contributed by atoms with Crippen molar-refractivity contribution in [3.05, 3.63) is 41.6 Å². The molecular formula is C14H17ClN4. The van der Waals surface area contributed by atoms with Crippen LogP contribution in [-0.4, -0.2) is 15.5 Å². The highest BCUT2D eigenvalue weighted by Gasteiger charge is 2.10. The van der Waals surface area contributed by atoms with E-state index in [1.807, 2.05) is 30.3 Å². The van der Waals surface area contributed by atoms with Gasteiger partial charge >= 0.3 is 0 Å². The quantitative estimate of drug-likeness (QED) is 0.887. The van der Waals surface area contributed by atoms with E-state index in [1.165, 1.54) is 0 Å². The van der Waals surface area contributed by atoms with Crippen LogP contribution in [0.15, 0.2) is 36.5 Å². The van der Waals surface area contributed by atoms with Gasteiger partial charge in [-0.15, -0.1) is 0 Å². The molecule has 0 saturated carbocycles. The third kappa shape index (κ3) is 4.10. The molecule has 0 aliphatic rings. The maximum Gasteiger partial charge on any atom is 0.229 e. The lowest BCUT2D eigenvalue weighted by atomic mass is 10.1. The second kappa shape index (κ2) is 5.45. The van der Waals surface area contributed by atoms with E-state index in [4.69, 9.17) is 11.6 Å².